The van der Waals surface area contributed by atoms with Crippen LogP contribution in [0.5, 0.6) is 5.75 Å². The summed E-state index contributed by atoms with van der Waals surface area (Å²) in [6, 6.07) is 7.39. The normalized spacial score (nSPS) is 28.5. The Morgan fingerprint density at radius 2 is 2.27 bits per heavy atom. The van der Waals surface area contributed by atoms with Gasteiger partial charge in [0.1, 0.15) is 11.3 Å². The molecule has 0 heterocycles. The SMILES string of the molecule is COc1ccccc1[C@H]1C[C@]1(N)C(=O)O. The van der Waals surface area contributed by atoms with Crippen molar-refractivity contribution in [1.82, 2.24) is 0 Å². The highest BCUT2D eigenvalue weighted by Gasteiger charge is 2.59. The number of para-hydroxylation sites is 1. The van der Waals surface area contributed by atoms with E-state index in [9.17, 15) is 4.79 Å². The number of hydrogen-bond acceptors (Lipinski definition) is 3. The van der Waals surface area contributed by atoms with Crippen molar-refractivity contribution in [3.63, 3.8) is 0 Å². The van der Waals surface area contributed by atoms with Gasteiger partial charge in [0.15, 0.2) is 0 Å². The lowest BCUT2D eigenvalue weighted by molar-refractivity contribution is -0.139. The number of rotatable bonds is 3. The molecule has 0 radical (unpaired) electrons. The number of nitrogens with two attached hydrogens (primary N) is 1. The highest BCUT2D eigenvalue weighted by atomic mass is 16.5. The molecule has 0 aliphatic heterocycles. The second-order valence-electron chi connectivity index (χ2n) is 3.84. The molecule has 0 unspecified atom stereocenters. The molecule has 3 N–H and O–H groups in total. The zero-order valence-corrected chi connectivity index (χ0v) is 8.43. The van der Waals surface area contributed by atoms with E-state index in [1.54, 1.807) is 7.11 Å². The summed E-state index contributed by atoms with van der Waals surface area (Å²) in [5, 5.41) is 8.94. The summed E-state index contributed by atoms with van der Waals surface area (Å²) in [6.07, 6.45) is 0.475. The van der Waals surface area contributed by atoms with Crippen molar-refractivity contribution < 1.29 is 14.6 Å². The van der Waals surface area contributed by atoms with Gasteiger partial charge in [-0.2, -0.15) is 0 Å². The van der Waals surface area contributed by atoms with E-state index in [0.29, 0.717) is 12.2 Å². The van der Waals surface area contributed by atoms with E-state index in [4.69, 9.17) is 15.6 Å². The molecule has 80 valence electrons. The molecule has 4 heteroatoms. The van der Waals surface area contributed by atoms with Crippen molar-refractivity contribution in [2.45, 2.75) is 17.9 Å². The standard InChI is InChI=1S/C11H13NO3/c1-15-9-5-3-2-4-7(9)8-6-11(8,12)10(13)14/h2-5,8H,6,12H2,1H3,(H,13,14)/t8-,11-/m1/s1. The zero-order chi connectivity index (χ0) is 11.1. The minimum Gasteiger partial charge on any atom is -0.496 e. The quantitative estimate of drug-likeness (QED) is 0.774. The Hall–Kier alpha value is -1.55. The summed E-state index contributed by atoms with van der Waals surface area (Å²) in [5.41, 5.74) is 5.51. The van der Waals surface area contributed by atoms with Crippen molar-refractivity contribution >= 4 is 5.97 Å². The Bertz CT molecular complexity index is 405. The van der Waals surface area contributed by atoms with E-state index in [1.165, 1.54) is 0 Å². The Labute approximate surface area is 87.7 Å². The van der Waals surface area contributed by atoms with E-state index in [-0.39, 0.29) is 5.92 Å². The average molecular weight is 207 g/mol. The molecule has 1 fully saturated rings. The van der Waals surface area contributed by atoms with E-state index >= 15 is 0 Å². The van der Waals surface area contributed by atoms with Gasteiger partial charge >= 0.3 is 5.97 Å². The second kappa shape index (κ2) is 3.24. The minimum absolute atomic E-state index is 0.133. The summed E-state index contributed by atoms with van der Waals surface area (Å²) >= 11 is 0. The van der Waals surface area contributed by atoms with Crippen molar-refractivity contribution in [2.75, 3.05) is 7.11 Å². The molecule has 1 saturated carbocycles. The molecule has 1 aliphatic carbocycles. The average Bonchev–Trinajstić information content (AvgIpc) is 2.92. The van der Waals surface area contributed by atoms with Crippen LogP contribution in [0.25, 0.3) is 0 Å². The summed E-state index contributed by atoms with van der Waals surface area (Å²) in [5.74, 6) is -0.374. The number of carboxylic acid groups (broad SMARTS) is 1. The van der Waals surface area contributed by atoms with Crippen LogP contribution in [0.2, 0.25) is 0 Å². The first-order valence-electron chi connectivity index (χ1n) is 4.75. The molecule has 1 aromatic carbocycles. The lowest BCUT2D eigenvalue weighted by Crippen LogP contribution is -2.34. The van der Waals surface area contributed by atoms with Crippen molar-refractivity contribution in [3.05, 3.63) is 29.8 Å². The third-order valence-electron chi connectivity index (χ3n) is 2.92. The Morgan fingerprint density at radius 3 is 2.80 bits per heavy atom. The smallest absolute Gasteiger partial charge is 0.324 e. The first-order chi connectivity index (χ1) is 7.09. The monoisotopic (exact) mass is 207 g/mol. The van der Waals surface area contributed by atoms with Crippen LogP contribution in [0.1, 0.15) is 17.9 Å². The number of benzene rings is 1. The maximum absolute atomic E-state index is 10.9. The van der Waals surface area contributed by atoms with E-state index in [1.807, 2.05) is 24.3 Å². The van der Waals surface area contributed by atoms with Crippen molar-refractivity contribution in [2.24, 2.45) is 5.73 Å². The van der Waals surface area contributed by atoms with Gasteiger partial charge in [-0.15, -0.1) is 0 Å². The predicted molar refractivity (Wildman–Crippen MR) is 54.9 cm³/mol. The maximum atomic E-state index is 10.9. The zero-order valence-electron chi connectivity index (χ0n) is 8.43. The number of carbonyl (C=O) groups is 1. The fraction of sp³-hybridized carbons (Fsp3) is 0.364. The molecule has 0 bridgehead atoms. The first kappa shape index (κ1) is 9.98. The summed E-state index contributed by atoms with van der Waals surface area (Å²) in [6.45, 7) is 0. The molecular formula is C11H13NO3. The van der Waals surface area contributed by atoms with Gasteiger partial charge in [-0.05, 0) is 18.1 Å². The lowest BCUT2D eigenvalue weighted by Gasteiger charge is -2.09. The number of hydrogen-bond donors (Lipinski definition) is 2. The Balaban J connectivity index is 2.30. The molecule has 15 heavy (non-hydrogen) atoms. The van der Waals surface area contributed by atoms with Gasteiger partial charge in [-0.25, -0.2) is 0 Å². The van der Waals surface area contributed by atoms with Gasteiger partial charge in [0.2, 0.25) is 0 Å². The van der Waals surface area contributed by atoms with Gasteiger partial charge in [0, 0.05) is 5.92 Å². The number of aliphatic carboxylic acids is 1. The molecule has 0 spiro atoms. The summed E-state index contributed by atoms with van der Waals surface area (Å²) in [4.78, 5) is 10.9. The fourth-order valence-corrected chi connectivity index (χ4v) is 1.86. The first-order valence-corrected chi connectivity index (χ1v) is 4.75. The molecule has 2 atom stereocenters. The third-order valence-corrected chi connectivity index (χ3v) is 2.92. The third kappa shape index (κ3) is 1.47. The van der Waals surface area contributed by atoms with Crippen molar-refractivity contribution in [3.8, 4) is 5.75 Å². The van der Waals surface area contributed by atoms with Gasteiger partial charge in [0.05, 0.1) is 7.11 Å². The van der Waals surface area contributed by atoms with Gasteiger partial charge < -0.3 is 15.6 Å². The van der Waals surface area contributed by atoms with Crippen LogP contribution in [0.4, 0.5) is 0 Å². The molecule has 0 aromatic heterocycles. The molecule has 1 aromatic rings. The van der Waals surface area contributed by atoms with Gasteiger partial charge in [-0.1, -0.05) is 18.2 Å². The van der Waals surface area contributed by atoms with Crippen molar-refractivity contribution in [1.29, 1.82) is 0 Å². The molecule has 0 amide bonds. The van der Waals surface area contributed by atoms with Crippen LogP contribution in [0, 0.1) is 0 Å². The van der Waals surface area contributed by atoms with E-state index < -0.39 is 11.5 Å². The number of carboxylic acids is 1. The maximum Gasteiger partial charge on any atom is 0.324 e. The number of methoxy groups -OCH3 is 1. The van der Waals surface area contributed by atoms with Gasteiger partial charge in [-0.3, -0.25) is 4.79 Å². The summed E-state index contributed by atoms with van der Waals surface area (Å²) < 4.78 is 5.17. The van der Waals surface area contributed by atoms with Crippen LogP contribution in [0.3, 0.4) is 0 Å². The summed E-state index contributed by atoms with van der Waals surface area (Å²) in [7, 11) is 1.57. The second-order valence-corrected chi connectivity index (χ2v) is 3.84. The Kier molecular flexibility index (Phi) is 2.16. The van der Waals surface area contributed by atoms with Crippen LogP contribution in [-0.2, 0) is 4.79 Å². The Morgan fingerprint density at radius 1 is 1.60 bits per heavy atom. The molecular weight excluding hydrogens is 194 g/mol. The van der Waals surface area contributed by atoms with E-state index in [0.717, 1.165) is 5.56 Å². The minimum atomic E-state index is -1.10. The highest BCUT2D eigenvalue weighted by molar-refractivity contribution is 5.85. The van der Waals surface area contributed by atoms with E-state index in [2.05, 4.69) is 0 Å². The molecule has 4 nitrogen and oxygen atoms in total. The van der Waals surface area contributed by atoms with Crippen LogP contribution >= 0.6 is 0 Å². The number of ether oxygens (including phenoxy) is 1. The molecule has 2 rings (SSSR count). The fourth-order valence-electron chi connectivity index (χ4n) is 1.86. The molecule has 1 aliphatic rings. The largest absolute Gasteiger partial charge is 0.496 e. The van der Waals surface area contributed by atoms with Gasteiger partial charge in [0.25, 0.3) is 0 Å². The topological polar surface area (TPSA) is 72.5 Å². The molecule has 0 saturated heterocycles. The highest BCUT2D eigenvalue weighted by Crippen LogP contribution is 2.52. The predicted octanol–water partition coefficient (Wildman–Crippen LogP) is 0.965. The van der Waals surface area contributed by atoms with Crippen LogP contribution < -0.4 is 10.5 Å². The van der Waals surface area contributed by atoms with Crippen LogP contribution in [0.15, 0.2) is 24.3 Å². The lowest BCUT2D eigenvalue weighted by atomic mass is 10.1. The van der Waals surface area contributed by atoms with Crippen LogP contribution in [-0.4, -0.2) is 23.7 Å².